The van der Waals surface area contributed by atoms with E-state index in [1.54, 1.807) is 11.9 Å². The lowest BCUT2D eigenvalue weighted by atomic mass is 9.91. The molecular weight excluding hydrogens is 718 g/mol. The van der Waals surface area contributed by atoms with E-state index in [9.17, 15) is 49.1 Å². The van der Waals surface area contributed by atoms with Crippen LogP contribution in [0, 0.1) is 11.3 Å². The van der Waals surface area contributed by atoms with E-state index in [4.69, 9.17) is 23.2 Å². The number of halogens is 11. The Balaban J connectivity index is 1.66. The SMILES string of the molecule is Cn1c(Nc2c(Cl)ccc(CNC(=O)C(C)(C)C(F)(F)F)c2Cl)nc2cc(C(=O)NCCC(F)(F)F)c(N3CCC(C(F)(F)F)CC3)cc21. The number of anilines is 3. The van der Waals surface area contributed by atoms with Crippen molar-refractivity contribution >= 4 is 63.4 Å². The Morgan fingerprint density at radius 3 is 2.16 bits per heavy atom. The molecule has 1 saturated heterocycles. The van der Waals surface area contributed by atoms with Gasteiger partial charge in [-0.3, -0.25) is 9.59 Å². The van der Waals surface area contributed by atoms with Gasteiger partial charge in [-0.25, -0.2) is 4.98 Å². The van der Waals surface area contributed by atoms with Crippen LogP contribution in [0.2, 0.25) is 10.0 Å². The summed E-state index contributed by atoms with van der Waals surface area (Å²) >= 11 is 12.9. The molecule has 49 heavy (non-hydrogen) atoms. The van der Waals surface area contributed by atoms with E-state index >= 15 is 0 Å². The number of fused-ring (bicyclic) bond motifs is 1. The molecule has 1 aliphatic heterocycles. The molecule has 2 heterocycles. The van der Waals surface area contributed by atoms with Crippen LogP contribution in [0.25, 0.3) is 11.0 Å². The van der Waals surface area contributed by atoms with Crippen LogP contribution in [0.3, 0.4) is 0 Å². The summed E-state index contributed by atoms with van der Waals surface area (Å²) in [7, 11) is 1.56. The summed E-state index contributed by atoms with van der Waals surface area (Å²) in [5.41, 5.74) is -1.73. The summed E-state index contributed by atoms with van der Waals surface area (Å²) < 4.78 is 120. The number of imidazole rings is 1. The zero-order valence-corrected chi connectivity index (χ0v) is 27.7. The van der Waals surface area contributed by atoms with Gasteiger partial charge in [-0.05, 0) is 50.5 Å². The van der Waals surface area contributed by atoms with Gasteiger partial charge in [0.05, 0.1) is 50.4 Å². The Morgan fingerprint density at radius 1 is 0.959 bits per heavy atom. The third kappa shape index (κ3) is 8.59. The number of amides is 2. The Labute approximate surface area is 284 Å². The molecule has 0 spiro atoms. The smallest absolute Gasteiger partial charge is 0.371 e. The molecule has 3 aromatic rings. The number of nitrogens with zero attached hydrogens (tertiary/aromatic N) is 3. The highest BCUT2D eigenvalue weighted by Crippen LogP contribution is 2.40. The lowest BCUT2D eigenvalue weighted by molar-refractivity contribution is -0.211. The maximum absolute atomic E-state index is 13.3. The highest BCUT2D eigenvalue weighted by atomic mass is 35.5. The summed E-state index contributed by atoms with van der Waals surface area (Å²) in [6, 6.07) is 5.61. The van der Waals surface area contributed by atoms with Gasteiger partial charge in [-0.15, -0.1) is 0 Å². The van der Waals surface area contributed by atoms with E-state index in [2.05, 4.69) is 20.9 Å². The number of benzene rings is 2. The second kappa shape index (κ2) is 14.0. The molecule has 1 fully saturated rings. The molecular formula is C30H31Cl2F9N6O2. The van der Waals surface area contributed by atoms with Crippen molar-refractivity contribution < 1.29 is 49.1 Å². The molecule has 1 aliphatic rings. The van der Waals surface area contributed by atoms with Gasteiger partial charge >= 0.3 is 18.5 Å². The van der Waals surface area contributed by atoms with Crippen molar-refractivity contribution in [1.29, 1.82) is 0 Å². The molecule has 19 heteroatoms. The molecule has 0 unspecified atom stereocenters. The number of hydrogen-bond donors (Lipinski definition) is 3. The number of nitrogens with one attached hydrogen (secondary N) is 3. The number of alkyl halides is 9. The minimum atomic E-state index is -4.81. The lowest BCUT2D eigenvalue weighted by Crippen LogP contribution is -2.46. The molecule has 8 nitrogen and oxygen atoms in total. The van der Waals surface area contributed by atoms with E-state index in [0.29, 0.717) is 5.52 Å². The minimum Gasteiger partial charge on any atom is -0.371 e. The topological polar surface area (TPSA) is 91.3 Å². The highest BCUT2D eigenvalue weighted by molar-refractivity contribution is 6.39. The van der Waals surface area contributed by atoms with Gasteiger partial charge < -0.3 is 25.4 Å². The van der Waals surface area contributed by atoms with Crippen LogP contribution in [0.1, 0.15) is 49.0 Å². The number of hydrogen-bond acceptors (Lipinski definition) is 5. The van der Waals surface area contributed by atoms with Gasteiger partial charge in [0, 0.05) is 33.2 Å². The Kier molecular flexibility index (Phi) is 10.9. The molecule has 0 radical (unpaired) electrons. The number of aromatic nitrogens is 2. The quantitative estimate of drug-likeness (QED) is 0.192. The molecule has 2 aromatic carbocycles. The van der Waals surface area contributed by atoms with E-state index in [-0.39, 0.29) is 76.5 Å². The number of rotatable bonds is 9. The van der Waals surface area contributed by atoms with E-state index < -0.39 is 54.6 Å². The second-order valence-electron chi connectivity index (χ2n) is 12.1. The first-order valence-corrected chi connectivity index (χ1v) is 15.5. The van der Waals surface area contributed by atoms with Gasteiger partial charge in [0.15, 0.2) is 0 Å². The predicted molar refractivity (Wildman–Crippen MR) is 166 cm³/mol. The van der Waals surface area contributed by atoms with Crippen LogP contribution < -0.4 is 20.9 Å². The van der Waals surface area contributed by atoms with Crippen LogP contribution in [-0.4, -0.2) is 59.5 Å². The van der Waals surface area contributed by atoms with Crippen LogP contribution >= 0.6 is 23.2 Å². The Hall–Kier alpha value is -3.60. The maximum Gasteiger partial charge on any atom is 0.402 e. The molecule has 0 saturated carbocycles. The number of piperidine rings is 1. The van der Waals surface area contributed by atoms with Crippen molar-refractivity contribution in [2.24, 2.45) is 18.4 Å². The third-order valence-corrected chi connectivity index (χ3v) is 9.11. The zero-order valence-electron chi connectivity index (χ0n) is 26.2. The first kappa shape index (κ1) is 38.2. The molecule has 0 bridgehead atoms. The van der Waals surface area contributed by atoms with Crippen LogP contribution in [0.15, 0.2) is 24.3 Å². The van der Waals surface area contributed by atoms with Crippen LogP contribution in [0.4, 0.5) is 56.8 Å². The van der Waals surface area contributed by atoms with Crippen molar-refractivity contribution in [2.45, 2.75) is 58.2 Å². The zero-order chi connectivity index (χ0) is 36.7. The van der Waals surface area contributed by atoms with Gasteiger partial charge in [0.1, 0.15) is 5.41 Å². The molecule has 4 rings (SSSR count). The third-order valence-electron chi connectivity index (χ3n) is 8.36. The Bertz CT molecular complexity index is 1710. The van der Waals surface area contributed by atoms with Crippen molar-refractivity contribution in [3.63, 3.8) is 0 Å². The minimum absolute atomic E-state index is 0.0531. The lowest BCUT2D eigenvalue weighted by Gasteiger charge is -2.35. The van der Waals surface area contributed by atoms with Crippen molar-refractivity contribution in [1.82, 2.24) is 20.2 Å². The first-order valence-electron chi connectivity index (χ1n) is 14.8. The average molecular weight is 750 g/mol. The van der Waals surface area contributed by atoms with Crippen LogP contribution in [-0.2, 0) is 18.4 Å². The van der Waals surface area contributed by atoms with E-state index in [1.807, 2.05) is 0 Å². The van der Waals surface area contributed by atoms with Gasteiger partial charge in [-0.2, -0.15) is 39.5 Å². The van der Waals surface area contributed by atoms with Crippen LogP contribution in [0.5, 0.6) is 0 Å². The molecule has 0 aliphatic carbocycles. The largest absolute Gasteiger partial charge is 0.402 e. The van der Waals surface area contributed by atoms with Crippen molar-refractivity contribution in [3.8, 4) is 0 Å². The van der Waals surface area contributed by atoms with E-state index in [0.717, 1.165) is 13.8 Å². The maximum atomic E-state index is 13.3. The standard InChI is InChI=1S/C30H31Cl2F9N6O2/c1-27(2,30(39,40)41)25(49)43-14-15-4-5-18(31)23(22(15)32)45-26-44-19-12-17(24(48)42-9-8-28(33,34)35)20(13-21(19)46(26)3)47-10-6-16(7-11-47)29(36,37)38/h4-5,12-13,16H,6-11,14H2,1-3H3,(H,42,48)(H,43,49)(H,44,45). The van der Waals surface area contributed by atoms with Gasteiger partial charge in [0.25, 0.3) is 5.91 Å². The summed E-state index contributed by atoms with van der Waals surface area (Å²) in [5.74, 6) is -3.62. The molecule has 270 valence electrons. The normalized spacial score (nSPS) is 15.1. The molecule has 1 aromatic heterocycles. The molecule has 0 atom stereocenters. The second-order valence-corrected chi connectivity index (χ2v) is 12.9. The highest BCUT2D eigenvalue weighted by Gasteiger charge is 2.52. The fourth-order valence-corrected chi connectivity index (χ4v) is 5.66. The molecule has 3 N–H and O–H groups in total. The summed E-state index contributed by atoms with van der Waals surface area (Å²) in [5, 5.41) is 7.37. The summed E-state index contributed by atoms with van der Waals surface area (Å²) in [6.07, 6.45) is -15.5. The predicted octanol–water partition coefficient (Wildman–Crippen LogP) is 8.29. The Morgan fingerprint density at radius 2 is 1.59 bits per heavy atom. The van der Waals surface area contributed by atoms with Crippen molar-refractivity contribution in [2.75, 3.05) is 29.9 Å². The summed E-state index contributed by atoms with van der Waals surface area (Å²) in [6.45, 7) is 0.210. The fraction of sp³-hybridized carbons (Fsp3) is 0.500. The average Bonchev–Trinajstić information content (AvgIpc) is 3.30. The number of carbonyl (C=O) groups excluding carboxylic acids is 2. The van der Waals surface area contributed by atoms with E-state index in [1.165, 1.54) is 28.8 Å². The number of carbonyl (C=O) groups is 2. The first-order chi connectivity index (χ1) is 22.5. The van der Waals surface area contributed by atoms with Gasteiger partial charge in [0.2, 0.25) is 11.9 Å². The van der Waals surface area contributed by atoms with Gasteiger partial charge in [-0.1, -0.05) is 29.3 Å². The summed E-state index contributed by atoms with van der Waals surface area (Å²) in [4.78, 5) is 31.5. The monoisotopic (exact) mass is 748 g/mol. The molecule has 2 amide bonds. The fourth-order valence-electron chi connectivity index (χ4n) is 5.13. The number of aryl methyl sites for hydroxylation is 1. The van der Waals surface area contributed by atoms with Crippen molar-refractivity contribution in [3.05, 3.63) is 45.4 Å².